The number of esters is 2. The molecule has 2 heterocycles. The van der Waals surface area contributed by atoms with E-state index in [1.807, 2.05) is 81.4 Å². The average Bonchev–Trinajstić information content (AvgIpc) is 3.50. The van der Waals surface area contributed by atoms with Crippen LogP contribution in [0.2, 0.25) is 5.04 Å². The zero-order valence-corrected chi connectivity index (χ0v) is 31.9. The van der Waals surface area contributed by atoms with Gasteiger partial charge in [0.1, 0.15) is 8.42 Å². The fourth-order valence-corrected chi connectivity index (χ4v) is 18.4. The Kier molecular flexibility index (Phi) is 11.5. The van der Waals surface area contributed by atoms with E-state index in [0.29, 0.717) is 11.3 Å². The summed E-state index contributed by atoms with van der Waals surface area (Å²) in [6.45, 7) is 11.0. The van der Waals surface area contributed by atoms with E-state index in [-0.39, 0.29) is 26.9 Å². The number of amides is 1. The second kappa shape index (κ2) is 14.7. The molecule has 1 aromatic heterocycles. The summed E-state index contributed by atoms with van der Waals surface area (Å²) >= 11 is 0.662. The van der Waals surface area contributed by atoms with E-state index >= 15 is 0 Å². The van der Waals surface area contributed by atoms with E-state index in [1.54, 1.807) is 6.92 Å². The van der Waals surface area contributed by atoms with E-state index in [0.717, 1.165) is 17.3 Å². The molecule has 1 aliphatic heterocycles. The molecule has 16 heteroatoms. The Balaban J connectivity index is 1.75. The third-order valence-corrected chi connectivity index (χ3v) is 20.6. The van der Waals surface area contributed by atoms with Crippen LogP contribution in [0.15, 0.2) is 75.1 Å². The van der Waals surface area contributed by atoms with Crippen LogP contribution in [0.3, 0.4) is 0 Å². The molecule has 1 unspecified atom stereocenters. The number of nitrogens with one attached hydrogen (secondary N) is 1. The summed E-state index contributed by atoms with van der Waals surface area (Å²) in [6.07, 6.45) is -2.28. The van der Waals surface area contributed by atoms with Crippen molar-refractivity contribution < 1.29 is 45.4 Å². The number of fused-ring (bicyclic) bond motifs is 1. The molecule has 0 saturated heterocycles. The van der Waals surface area contributed by atoms with Crippen LogP contribution < -0.4 is 14.8 Å². The zero-order chi connectivity index (χ0) is 36.4. The maximum absolute atomic E-state index is 14.5. The lowest BCUT2D eigenvalue weighted by atomic mass is 10.0. The van der Waals surface area contributed by atoms with Gasteiger partial charge in [0.15, 0.2) is 16.4 Å². The minimum absolute atomic E-state index is 0.0166. The Morgan fingerprint density at radius 2 is 1.57 bits per heavy atom. The Bertz CT molecular complexity index is 1850. The van der Waals surface area contributed by atoms with Gasteiger partial charge in [0.25, 0.3) is 0 Å². The average molecular weight is 751 g/mol. The first-order chi connectivity index (χ1) is 22.8. The highest BCUT2D eigenvalue weighted by Crippen LogP contribution is 2.46. The third-order valence-electron chi connectivity index (χ3n) is 8.40. The lowest BCUT2D eigenvalue weighted by molar-refractivity contribution is -0.174. The van der Waals surface area contributed by atoms with E-state index in [9.17, 15) is 31.2 Å². The molecule has 1 N–H and O–H groups in total. The molecule has 0 spiro atoms. The van der Waals surface area contributed by atoms with Crippen molar-refractivity contribution in [2.75, 3.05) is 13.2 Å². The van der Waals surface area contributed by atoms with Crippen LogP contribution in [-0.4, -0.2) is 72.7 Å². The Morgan fingerprint density at radius 1 is 1.02 bits per heavy atom. The normalized spacial score (nSPS) is 18.1. The number of ether oxygens (including phenoxy) is 3. The number of benzene rings is 2. The van der Waals surface area contributed by atoms with Gasteiger partial charge in [0.2, 0.25) is 24.5 Å². The fraction of sp³-hybridized carbons (Fsp3) is 0.424. The van der Waals surface area contributed by atoms with Gasteiger partial charge in [-0.3, -0.25) is 4.79 Å². The van der Waals surface area contributed by atoms with Crippen LogP contribution in [0.5, 0.6) is 0 Å². The topological polar surface area (TPSA) is 162 Å². The number of carbonyl (C=O) groups excluding carboxylic acids is 3. The summed E-state index contributed by atoms with van der Waals surface area (Å²) in [6, 6.07) is 19.3. The Morgan fingerprint density at radius 3 is 2.06 bits per heavy atom. The monoisotopic (exact) mass is 750 g/mol. The molecule has 12 nitrogen and oxygen atoms in total. The number of rotatable bonds is 11. The minimum atomic E-state index is -4.34. The fourth-order valence-electron chi connectivity index (χ4n) is 6.02. The van der Waals surface area contributed by atoms with Gasteiger partial charge < -0.3 is 19.1 Å². The summed E-state index contributed by atoms with van der Waals surface area (Å²) in [4.78, 5) is 37.6. The van der Waals surface area contributed by atoms with Crippen molar-refractivity contribution in [2.45, 2.75) is 85.9 Å². The third kappa shape index (κ3) is 7.93. The molecule has 4 rings (SSSR count). The van der Waals surface area contributed by atoms with E-state index in [4.69, 9.17) is 9.47 Å². The van der Waals surface area contributed by atoms with Crippen molar-refractivity contribution in [3.8, 4) is 0 Å². The van der Waals surface area contributed by atoms with Crippen molar-refractivity contribution in [3.63, 3.8) is 0 Å². The molecular weight excluding hydrogens is 709 g/mol. The van der Waals surface area contributed by atoms with Gasteiger partial charge in [-0.25, -0.2) is 30.8 Å². The first kappa shape index (κ1) is 38.2. The summed E-state index contributed by atoms with van der Waals surface area (Å²) < 4.78 is 74.1. The molecule has 0 saturated carbocycles. The van der Waals surface area contributed by atoms with Crippen LogP contribution in [0.25, 0.3) is 0 Å². The number of sulfonamides is 1. The Hall–Kier alpha value is -3.57. The molecule has 266 valence electrons. The van der Waals surface area contributed by atoms with Crippen molar-refractivity contribution >= 4 is 67.8 Å². The predicted molar refractivity (Wildman–Crippen MR) is 187 cm³/mol. The molecule has 1 aliphatic rings. The Labute approximate surface area is 292 Å². The summed E-state index contributed by atoms with van der Waals surface area (Å²) in [7, 11) is -11.7. The summed E-state index contributed by atoms with van der Waals surface area (Å²) in [5.74, 6) is -1.62. The van der Waals surface area contributed by atoms with Gasteiger partial charge >= 0.3 is 18.0 Å². The first-order valence-corrected chi connectivity index (χ1v) is 21.5. The highest BCUT2D eigenvalue weighted by atomic mass is 32.3. The van der Waals surface area contributed by atoms with Gasteiger partial charge in [0, 0.05) is 26.0 Å². The van der Waals surface area contributed by atoms with Crippen LogP contribution in [0, 0.1) is 0 Å². The standard InChI is InChI=1S/C33H42N2O10S3Si/c1-8-35(32(38)45-24(4)44-29(37)21-43-23(3)36)28-19-22(2)47(39,40)31-27(28)20-30(46-31)48(41,42)34-49(33(5,6)7,25-15-11-9-12-16-25)26-17-13-10-14-18-26/h9-18,20,22,24,28,34H,8,19,21H2,1-7H3/t22-,24?,28-/m0/s1. The quantitative estimate of drug-likeness (QED) is 0.172. The van der Waals surface area contributed by atoms with Gasteiger partial charge in [-0.1, -0.05) is 81.4 Å². The minimum Gasteiger partial charge on any atom is -0.454 e. The molecule has 2 aromatic carbocycles. The molecule has 3 atom stereocenters. The van der Waals surface area contributed by atoms with E-state index in [2.05, 4.69) is 9.12 Å². The zero-order valence-electron chi connectivity index (χ0n) is 28.5. The lowest BCUT2D eigenvalue weighted by Crippen LogP contribution is -2.74. The van der Waals surface area contributed by atoms with Crippen LogP contribution in [0.4, 0.5) is 4.79 Å². The molecule has 0 fully saturated rings. The molecule has 3 aromatic rings. The smallest absolute Gasteiger partial charge is 0.413 e. The van der Waals surface area contributed by atoms with Gasteiger partial charge in [-0.2, -0.15) is 0 Å². The predicted octanol–water partition coefficient (Wildman–Crippen LogP) is 4.10. The number of sulfone groups is 1. The van der Waals surface area contributed by atoms with Crippen LogP contribution >= 0.6 is 11.3 Å². The van der Waals surface area contributed by atoms with Crippen molar-refractivity contribution in [1.82, 2.24) is 9.29 Å². The van der Waals surface area contributed by atoms with Crippen LogP contribution in [0.1, 0.15) is 66.5 Å². The lowest BCUT2D eigenvalue weighted by Gasteiger charge is -2.43. The van der Waals surface area contributed by atoms with Gasteiger partial charge in [0.05, 0.1) is 11.3 Å². The molecule has 0 radical (unpaired) electrons. The van der Waals surface area contributed by atoms with Crippen molar-refractivity contribution in [2.24, 2.45) is 0 Å². The number of thiophene rings is 1. The highest BCUT2D eigenvalue weighted by molar-refractivity contribution is 7.96. The largest absolute Gasteiger partial charge is 0.454 e. The molecule has 49 heavy (non-hydrogen) atoms. The number of carbonyl (C=O) groups is 3. The number of nitrogens with zero attached hydrogens (tertiary/aromatic N) is 1. The maximum Gasteiger partial charge on any atom is 0.413 e. The number of hydrogen-bond donors (Lipinski definition) is 1. The molecular formula is C33H42N2O10S3Si. The second-order valence-electron chi connectivity index (χ2n) is 12.8. The first-order valence-electron chi connectivity index (χ1n) is 15.7. The second-order valence-corrected chi connectivity index (χ2v) is 23.1. The summed E-state index contributed by atoms with van der Waals surface area (Å²) in [5.41, 5.74) is 0.171. The van der Waals surface area contributed by atoms with Gasteiger partial charge in [-0.15, -0.1) is 11.3 Å². The molecule has 0 aliphatic carbocycles. The maximum atomic E-state index is 14.5. The van der Waals surface area contributed by atoms with Crippen molar-refractivity contribution in [1.29, 1.82) is 0 Å². The van der Waals surface area contributed by atoms with Crippen LogP contribution in [-0.2, 0) is 43.7 Å². The SMILES string of the molecule is CCN(C(=O)OC(C)OC(=O)COC(C)=O)[C@H]1C[C@H](C)S(=O)(=O)c2sc(S(=O)(=O)N[Si](c3ccccc3)(c3ccccc3)C(C)(C)C)cc21. The molecule has 0 bridgehead atoms. The van der Waals surface area contributed by atoms with E-state index < -0.39 is 75.4 Å². The van der Waals surface area contributed by atoms with Gasteiger partial charge in [-0.05, 0) is 41.7 Å². The number of hydrogen-bond acceptors (Lipinski definition) is 11. The molecule has 1 amide bonds. The summed E-state index contributed by atoms with van der Waals surface area (Å²) in [5, 5.41) is 0.148. The highest BCUT2D eigenvalue weighted by Gasteiger charge is 2.52. The van der Waals surface area contributed by atoms with E-state index in [1.165, 1.54) is 24.8 Å². The van der Waals surface area contributed by atoms with Crippen molar-refractivity contribution in [3.05, 3.63) is 72.3 Å².